The molecule has 0 radical (unpaired) electrons. The minimum absolute atomic E-state index is 0.0321. The molecule has 6 heteroatoms. The second kappa shape index (κ2) is 7.28. The van der Waals surface area contributed by atoms with Crippen molar-refractivity contribution in [3.05, 3.63) is 47.9 Å². The quantitative estimate of drug-likeness (QED) is 0.946. The second-order valence-electron chi connectivity index (χ2n) is 5.84. The van der Waals surface area contributed by atoms with Crippen molar-refractivity contribution in [3.63, 3.8) is 0 Å². The number of urea groups is 1. The molecule has 0 unspecified atom stereocenters. The van der Waals surface area contributed by atoms with Crippen LogP contribution >= 0.6 is 0 Å². The van der Waals surface area contributed by atoms with Gasteiger partial charge in [0.05, 0.1) is 5.69 Å². The molecule has 0 bridgehead atoms. The number of para-hydroxylation sites is 1. The molecule has 3 rings (SSSR count). The summed E-state index contributed by atoms with van der Waals surface area (Å²) in [5, 5.41) is 6.99. The maximum atomic E-state index is 12.4. The lowest BCUT2D eigenvalue weighted by Crippen LogP contribution is -2.38. The number of amides is 2. The highest BCUT2D eigenvalue weighted by molar-refractivity contribution is 5.89. The first kappa shape index (κ1) is 15.6. The molecule has 0 spiro atoms. The first-order valence-electron chi connectivity index (χ1n) is 7.96. The van der Waals surface area contributed by atoms with Crippen molar-refractivity contribution < 1.29 is 9.32 Å². The number of aromatic nitrogens is 1. The van der Waals surface area contributed by atoms with Crippen molar-refractivity contribution in [1.29, 1.82) is 0 Å². The summed E-state index contributed by atoms with van der Waals surface area (Å²) in [6, 6.07) is 11.5. The number of hydrogen-bond donors (Lipinski definition) is 1. The molecular weight excluding hydrogens is 292 g/mol. The second-order valence-corrected chi connectivity index (χ2v) is 5.84. The van der Waals surface area contributed by atoms with Crippen molar-refractivity contribution in [3.8, 4) is 0 Å². The van der Waals surface area contributed by atoms with Crippen LogP contribution < -0.4 is 5.32 Å². The van der Waals surface area contributed by atoms with Crippen molar-refractivity contribution in [2.45, 2.75) is 19.9 Å². The minimum Gasteiger partial charge on any atom is -0.361 e. The molecule has 122 valence electrons. The van der Waals surface area contributed by atoms with E-state index in [9.17, 15) is 4.79 Å². The molecule has 2 amide bonds. The van der Waals surface area contributed by atoms with Gasteiger partial charge in [0.25, 0.3) is 0 Å². The normalized spacial score (nSPS) is 16.1. The predicted molar refractivity (Wildman–Crippen MR) is 88.2 cm³/mol. The number of hydrogen-bond acceptors (Lipinski definition) is 4. The first-order chi connectivity index (χ1) is 11.2. The average molecular weight is 314 g/mol. The van der Waals surface area contributed by atoms with Gasteiger partial charge in [-0.25, -0.2) is 4.79 Å². The standard InChI is InChI=1S/C17H22N4O2/c1-14-12-16(19-23-14)13-20-8-5-9-21(11-10-20)17(22)18-15-6-3-2-4-7-15/h2-4,6-7,12H,5,8-11,13H2,1H3,(H,18,22). The zero-order valence-corrected chi connectivity index (χ0v) is 13.4. The maximum Gasteiger partial charge on any atom is 0.321 e. The van der Waals surface area contributed by atoms with Gasteiger partial charge in [-0.05, 0) is 25.5 Å². The number of carbonyl (C=O) groups excluding carboxylic acids is 1. The third-order valence-corrected chi connectivity index (χ3v) is 3.96. The van der Waals surface area contributed by atoms with Crippen LogP contribution in [-0.2, 0) is 6.54 Å². The zero-order valence-electron chi connectivity index (χ0n) is 13.4. The lowest BCUT2D eigenvalue weighted by molar-refractivity contribution is 0.210. The molecule has 2 aromatic rings. The maximum absolute atomic E-state index is 12.4. The fourth-order valence-electron chi connectivity index (χ4n) is 2.78. The van der Waals surface area contributed by atoms with Crippen LogP contribution in [0.4, 0.5) is 10.5 Å². The molecule has 0 aliphatic carbocycles. The number of rotatable bonds is 3. The summed E-state index contributed by atoms with van der Waals surface area (Å²) in [6.07, 6.45) is 0.957. The summed E-state index contributed by atoms with van der Waals surface area (Å²) >= 11 is 0. The smallest absolute Gasteiger partial charge is 0.321 e. The topological polar surface area (TPSA) is 61.6 Å². The van der Waals surface area contributed by atoms with Crippen LogP contribution in [0.15, 0.2) is 40.9 Å². The molecular formula is C17H22N4O2. The van der Waals surface area contributed by atoms with Crippen molar-refractivity contribution in [2.24, 2.45) is 0 Å². The van der Waals surface area contributed by atoms with E-state index in [1.165, 1.54) is 0 Å². The molecule has 2 heterocycles. The van der Waals surface area contributed by atoms with Gasteiger partial charge in [0.15, 0.2) is 0 Å². The van der Waals surface area contributed by atoms with E-state index >= 15 is 0 Å². The number of aryl methyl sites for hydroxylation is 1. The Bertz CT molecular complexity index is 641. The van der Waals surface area contributed by atoms with E-state index in [1.807, 2.05) is 48.2 Å². The highest BCUT2D eigenvalue weighted by Gasteiger charge is 2.19. The largest absolute Gasteiger partial charge is 0.361 e. The summed E-state index contributed by atoms with van der Waals surface area (Å²) in [5.41, 5.74) is 1.78. The van der Waals surface area contributed by atoms with Crippen LogP contribution in [0.5, 0.6) is 0 Å². The molecule has 6 nitrogen and oxygen atoms in total. The summed E-state index contributed by atoms with van der Waals surface area (Å²) in [7, 11) is 0. The zero-order chi connectivity index (χ0) is 16.1. The summed E-state index contributed by atoms with van der Waals surface area (Å²) in [6.45, 7) is 5.96. The Balaban J connectivity index is 1.52. The molecule has 1 N–H and O–H groups in total. The van der Waals surface area contributed by atoms with Gasteiger partial charge in [-0.1, -0.05) is 23.4 Å². The number of benzene rings is 1. The van der Waals surface area contributed by atoms with E-state index in [2.05, 4.69) is 15.4 Å². The Morgan fingerprint density at radius 3 is 2.78 bits per heavy atom. The first-order valence-corrected chi connectivity index (χ1v) is 7.96. The predicted octanol–water partition coefficient (Wildman–Crippen LogP) is 2.72. The van der Waals surface area contributed by atoms with Crippen LogP contribution in [-0.4, -0.2) is 47.2 Å². The van der Waals surface area contributed by atoms with E-state index in [4.69, 9.17) is 4.52 Å². The number of nitrogens with zero attached hydrogens (tertiary/aromatic N) is 3. The van der Waals surface area contributed by atoms with E-state index in [0.717, 1.165) is 56.3 Å². The van der Waals surface area contributed by atoms with Gasteiger partial charge >= 0.3 is 6.03 Å². The average Bonchev–Trinajstić information content (AvgIpc) is 2.82. The summed E-state index contributed by atoms with van der Waals surface area (Å²) < 4.78 is 5.11. The molecule has 1 aromatic heterocycles. The molecule has 0 atom stereocenters. The number of carbonyl (C=O) groups is 1. The van der Waals surface area contributed by atoms with E-state index < -0.39 is 0 Å². The lowest BCUT2D eigenvalue weighted by Gasteiger charge is -2.21. The summed E-state index contributed by atoms with van der Waals surface area (Å²) in [5.74, 6) is 0.832. The highest BCUT2D eigenvalue weighted by atomic mass is 16.5. The molecule has 1 fully saturated rings. The summed E-state index contributed by atoms with van der Waals surface area (Å²) in [4.78, 5) is 16.5. The van der Waals surface area contributed by atoms with Gasteiger partial charge < -0.3 is 14.7 Å². The Morgan fingerprint density at radius 2 is 2.04 bits per heavy atom. The van der Waals surface area contributed by atoms with Crippen LogP contribution in [0.3, 0.4) is 0 Å². The molecule has 1 saturated heterocycles. The number of nitrogens with one attached hydrogen (secondary N) is 1. The SMILES string of the molecule is Cc1cc(CN2CCCN(C(=O)Nc3ccccc3)CC2)no1. The molecule has 1 aromatic carbocycles. The van der Waals surface area contributed by atoms with Gasteiger partial charge in [-0.15, -0.1) is 0 Å². The Hall–Kier alpha value is -2.34. The van der Waals surface area contributed by atoms with Crippen molar-refractivity contribution in [2.75, 3.05) is 31.5 Å². The fourth-order valence-corrected chi connectivity index (χ4v) is 2.78. The van der Waals surface area contributed by atoms with E-state index in [1.54, 1.807) is 0 Å². The lowest BCUT2D eigenvalue weighted by atomic mass is 10.3. The van der Waals surface area contributed by atoms with Gasteiger partial charge in [-0.2, -0.15) is 0 Å². The van der Waals surface area contributed by atoms with Crippen molar-refractivity contribution >= 4 is 11.7 Å². The van der Waals surface area contributed by atoms with Gasteiger partial charge in [0.1, 0.15) is 5.76 Å². The van der Waals surface area contributed by atoms with Gasteiger partial charge in [0, 0.05) is 44.5 Å². The van der Waals surface area contributed by atoms with Gasteiger partial charge in [-0.3, -0.25) is 4.90 Å². The third-order valence-electron chi connectivity index (χ3n) is 3.96. The minimum atomic E-state index is -0.0321. The molecule has 0 saturated carbocycles. The van der Waals surface area contributed by atoms with Crippen LogP contribution in [0.2, 0.25) is 0 Å². The van der Waals surface area contributed by atoms with Crippen molar-refractivity contribution in [1.82, 2.24) is 15.0 Å². The molecule has 1 aliphatic heterocycles. The number of anilines is 1. The monoisotopic (exact) mass is 314 g/mol. The molecule has 23 heavy (non-hydrogen) atoms. The molecule has 1 aliphatic rings. The Kier molecular flexibility index (Phi) is 4.92. The Morgan fingerprint density at radius 1 is 1.22 bits per heavy atom. The third kappa shape index (κ3) is 4.32. The van der Waals surface area contributed by atoms with Crippen LogP contribution in [0.1, 0.15) is 17.9 Å². The highest BCUT2D eigenvalue weighted by Crippen LogP contribution is 2.11. The Labute approximate surface area is 136 Å². The fraction of sp³-hybridized carbons (Fsp3) is 0.412. The van der Waals surface area contributed by atoms with E-state index in [0.29, 0.717) is 0 Å². The van der Waals surface area contributed by atoms with Gasteiger partial charge in [0.2, 0.25) is 0 Å². The van der Waals surface area contributed by atoms with E-state index in [-0.39, 0.29) is 6.03 Å². The van der Waals surface area contributed by atoms with Crippen LogP contribution in [0, 0.1) is 6.92 Å². The van der Waals surface area contributed by atoms with Crippen LogP contribution in [0.25, 0.3) is 0 Å².